The number of esters is 1. The molecule has 0 spiro atoms. The first-order chi connectivity index (χ1) is 30.0. The Morgan fingerprint density at radius 3 is 1.35 bits per heavy atom. The maximum absolute atomic E-state index is 12.8. The van der Waals surface area contributed by atoms with Gasteiger partial charge in [-0.05, 0) is 51.4 Å². The summed E-state index contributed by atoms with van der Waals surface area (Å²) in [4.78, 5) is 23.1. The fourth-order valence-electron chi connectivity index (χ4n) is 6.85. The zero-order chi connectivity index (χ0) is 45.5. The van der Waals surface area contributed by atoms with Crippen LogP contribution in [-0.4, -0.2) is 98.9 Å². The summed E-state index contributed by atoms with van der Waals surface area (Å²) >= 11 is 0. The Morgan fingerprint density at radius 2 is 0.919 bits per heavy atom. The van der Waals surface area contributed by atoms with Crippen molar-refractivity contribution in [3.8, 4) is 0 Å². The van der Waals surface area contributed by atoms with Gasteiger partial charge in [-0.15, -0.1) is 0 Å². The molecule has 62 heavy (non-hydrogen) atoms. The zero-order valence-corrected chi connectivity index (χ0v) is 39.0. The van der Waals surface area contributed by atoms with Gasteiger partial charge in [0.2, 0.25) is 0 Å². The molecule has 0 radical (unpaired) electrons. The van der Waals surface area contributed by atoms with Crippen molar-refractivity contribution >= 4 is 13.8 Å². The van der Waals surface area contributed by atoms with Crippen LogP contribution >= 0.6 is 7.82 Å². The van der Waals surface area contributed by atoms with Crippen molar-refractivity contribution in [2.45, 2.75) is 211 Å². The number of hydrogen-bond donors (Lipinski definition) is 6. The van der Waals surface area contributed by atoms with Crippen molar-refractivity contribution in [3.05, 3.63) is 72.9 Å². The van der Waals surface area contributed by atoms with E-state index in [1.165, 1.54) is 83.5 Å². The third-order valence-electron chi connectivity index (χ3n) is 10.6. The van der Waals surface area contributed by atoms with Crippen LogP contribution in [0.1, 0.15) is 168 Å². The second kappa shape index (κ2) is 39.2. The molecule has 0 aromatic rings. The van der Waals surface area contributed by atoms with Crippen LogP contribution in [0.25, 0.3) is 0 Å². The first-order valence-electron chi connectivity index (χ1n) is 23.8. The van der Waals surface area contributed by atoms with E-state index in [0.29, 0.717) is 13.0 Å². The third-order valence-corrected chi connectivity index (χ3v) is 11.6. The van der Waals surface area contributed by atoms with Gasteiger partial charge in [0.25, 0.3) is 0 Å². The molecule has 12 nitrogen and oxygen atoms in total. The lowest BCUT2D eigenvalue weighted by Gasteiger charge is -2.41. The van der Waals surface area contributed by atoms with Crippen LogP contribution in [0.2, 0.25) is 0 Å². The molecule has 0 aromatic heterocycles. The van der Waals surface area contributed by atoms with E-state index < -0.39 is 63.1 Å². The Morgan fingerprint density at radius 1 is 0.532 bits per heavy atom. The Kier molecular flexibility index (Phi) is 36.5. The monoisotopic (exact) mass is 897 g/mol. The molecule has 6 atom stereocenters. The first-order valence-corrected chi connectivity index (χ1v) is 25.3. The first kappa shape index (κ1) is 57.8. The predicted octanol–water partition coefficient (Wildman–Crippen LogP) is 9.97. The summed E-state index contributed by atoms with van der Waals surface area (Å²) < 4.78 is 34.1. The average molecular weight is 897 g/mol. The van der Waals surface area contributed by atoms with Gasteiger partial charge in [-0.2, -0.15) is 0 Å². The minimum absolute atomic E-state index is 0.0592. The van der Waals surface area contributed by atoms with E-state index in [0.717, 1.165) is 57.8 Å². The van der Waals surface area contributed by atoms with Gasteiger partial charge in [-0.3, -0.25) is 13.8 Å². The van der Waals surface area contributed by atoms with Crippen molar-refractivity contribution < 1.29 is 58.3 Å². The number of aliphatic hydroxyl groups is 5. The second-order valence-electron chi connectivity index (χ2n) is 16.2. The molecule has 0 amide bonds. The third kappa shape index (κ3) is 30.8. The van der Waals surface area contributed by atoms with E-state index in [9.17, 15) is 39.8 Å². The van der Waals surface area contributed by atoms with Crippen molar-refractivity contribution in [1.82, 2.24) is 0 Å². The summed E-state index contributed by atoms with van der Waals surface area (Å²) in [7, 11) is -5.04. The van der Waals surface area contributed by atoms with Crippen LogP contribution in [0, 0.1) is 0 Å². The van der Waals surface area contributed by atoms with Gasteiger partial charge in [0.1, 0.15) is 42.7 Å². The van der Waals surface area contributed by atoms with Crippen molar-refractivity contribution in [1.29, 1.82) is 0 Å². The highest BCUT2D eigenvalue weighted by Crippen LogP contribution is 2.47. The number of phosphoric acid groups is 1. The van der Waals surface area contributed by atoms with Gasteiger partial charge >= 0.3 is 13.8 Å². The summed E-state index contributed by atoms with van der Waals surface area (Å²) in [5, 5.41) is 50.2. The molecule has 0 bridgehead atoms. The lowest BCUT2D eigenvalue weighted by Crippen LogP contribution is -2.64. The molecule has 0 heterocycles. The van der Waals surface area contributed by atoms with Gasteiger partial charge < -0.3 is 39.9 Å². The smallest absolute Gasteiger partial charge is 0.457 e. The lowest BCUT2D eigenvalue weighted by atomic mass is 9.85. The van der Waals surface area contributed by atoms with Gasteiger partial charge in [0.05, 0.1) is 13.2 Å². The molecule has 0 aliphatic heterocycles. The highest BCUT2D eigenvalue weighted by Gasteiger charge is 2.51. The molecule has 0 saturated heterocycles. The Bertz CT molecular complexity index is 1300. The van der Waals surface area contributed by atoms with Gasteiger partial charge in [-0.25, -0.2) is 4.57 Å². The van der Waals surface area contributed by atoms with Gasteiger partial charge in [0, 0.05) is 13.0 Å². The minimum Gasteiger partial charge on any atom is -0.457 e. The fraction of sp³-hybridized carbons (Fsp3) is 0.735. The molecule has 1 fully saturated rings. The Labute approximate surface area is 374 Å². The topological polar surface area (TPSA) is 192 Å². The van der Waals surface area contributed by atoms with Gasteiger partial charge in [0.15, 0.2) is 0 Å². The summed E-state index contributed by atoms with van der Waals surface area (Å²) in [5.41, 5.74) is 0. The summed E-state index contributed by atoms with van der Waals surface area (Å²) in [5.74, 6) is -0.559. The molecule has 1 saturated carbocycles. The fourth-order valence-corrected chi connectivity index (χ4v) is 7.82. The van der Waals surface area contributed by atoms with Crippen LogP contribution in [0.4, 0.5) is 0 Å². The quantitative estimate of drug-likeness (QED) is 0.0148. The van der Waals surface area contributed by atoms with E-state index in [2.05, 4.69) is 74.6 Å². The van der Waals surface area contributed by atoms with Crippen molar-refractivity contribution in [2.24, 2.45) is 0 Å². The molecular formula is C49H85O12P. The standard InChI is InChI=1S/C49H85O12P/c1-3-5-7-9-11-13-15-17-19-21-22-23-24-26-28-30-32-34-36-38-43(50)60-42(41-59-62(56,57)61-49-47(54)45(52)44(51)46(53)48(49)55)40-58-39-37-35-33-31-29-27-25-20-18-16-14-12-10-8-6-4-2/h5,7,11,13,17,19,22-23,26,28,32,34,42,44-49,51-55H,3-4,6,8-10,12,14-16,18,20-21,24-25,27,29-31,33,35-41H2,1-2H3,(H,56,57)/b7-5-,13-11-,19-17-,23-22-,28-26-,34-32-. The number of aliphatic hydroxyl groups excluding tert-OH is 5. The molecule has 0 aromatic carbocycles. The number of hydrogen-bond acceptors (Lipinski definition) is 11. The summed E-state index contributed by atoms with van der Waals surface area (Å²) in [6.07, 6.45) is 38.4. The van der Waals surface area contributed by atoms with E-state index in [4.69, 9.17) is 18.5 Å². The van der Waals surface area contributed by atoms with E-state index in [-0.39, 0.29) is 13.0 Å². The summed E-state index contributed by atoms with van der Waals surface area (Å²) in [6.45, 7) is 4.07. The van der Waals surface area contributed by atoms with E-state index >= 15 is 0 Å². The molecule has 1 rings (SSSR count). The minimum atomic E-state index is -5.04. The lowest BCUT2D eigenvalue weighted by molar-refractivity contribution is -0.220. The molecule has 13 heteroatoms. The maximum atomic E-state index is 12.8. The highest BCUT2D eigenvalue weighted by atomic mass is 31.2. The predicted molar refractivity (Wildman–Crippen MR) is 248 cm³/mol. The number of carbonyl (C=O) groups excluding carboxylic acids is 1. The normalized spacial score (nSPS) is 22.6. The molecule has 358 valence electrons. The zero-order valence-electron chi connectivity index (χ0n) is 38.1. The molecular weight excluding hydrogens is 812 g/mol. The number of rotatable bonds is 39. The molecule has 6 unspecified atom stereocenters. The van der Waals surface area contributed by atoms with Crippen LogP contribution < -0.4 is 0 Å². The number of phosphoric ester groups is 1. The molecule has 1 aliphatic rings. The average Bonchev–Trinajstić information content (AvgIpc) is 3.26. The van der Waals surface area contributed by atoms with Crippen molar-refractivity contribution in [3.63, 3.8) is 0 Å². The van der Waals surface area contributed by atoms with Gasteiger partial charge in [-0.1, -0.05) is 183 Å². The number of unbranched alkanes of at least 4 members (excludes halogenated alkanes) is 15. The number of ether oxygens (including phenoxy) is 2. The number of allylic oxidation sites excluding steroid dienone is 12. The van der Waals surface area contributed by atoms with E-state index in [1.807, 2.05) is 12.2 Å². The van der Waals surface area contributed by atoms with Crippen LogP contribution in [0.5, 0.6) is 0 Å². The van der Waals surface area contributed by atoms with E-state index in [1.54, 1.807) is 0 Å². The Balaban J connectivity index is 2.45. The second-order valence-corrected chi connectivity index (χ2v) is 17.6. The highest BCUT2D eigenvalue weighted by molar-refractivity contribution is 7.47. The van der Waals surface area contributed by atoms with Crippen LogP contribution in [-0.2, 0) is 27.9 Å². The largest absolute Gasteiger partial charge is 0.472 e. The molecule has 6 N–H and O–H groups in total. The van der Waals surface area contributed by atoms with Crippen LogP contribution in [0.3, 0.4) is 0 Å². The maximum Gasteiger partial charge on any atom is 0.472 e. The Hall–Kier alpha value is -2.22. The van der Waals surface area contributed by atoms with Crippen molar-refractivity contribution in [2.75, 3.05) is 19.8 Å². The molecule has 1 aliphatic carbocycles. The van der Waals surface area contributed by atoms with Crippen LogP contribution in [0.15, 0.2) is 72.9 Å². The number of carbonyl (C=O) groups is 1. The summed E-state index contributed by atoms with van der Waals surface area (Å²) in [6, 6.07) is 0. The SMILES string of the molecule is CC/C=C\C/C=C\C/C=C\C/C=C\C/C=C\C/C=C\CCC(=O)OC(COCCCCCCCCCCCCCCCCCC)COP(=O)(O)OC1C(O)C(O)C(O)C(O)C1O.